The van der Waals surface area contributed by atoms with Gasteiger partial charge in [0.1, 0.15) is 17.8 Å². The summed E-state index contributed by atoms with van der Waals surface area (Å²) in [4.78, 5) is 9.04. The van der Waals surface area contributed by atoms with Crippen molar-refractivity contribution < 1.29 is 12.8 Å². The second-order valence-electron chi connectivity index (χ2n) is 6.32. The number of hydrogen-bond acceptors (Lipinski definition) is 5. The molecule has 2 aromatic carbocycles. The molecule has 0 radical (unpaired) electrons. The van der Waals surface area contributed by atoms with Gasteiger partial charge in [-0.2, -0.15) is 0 Å². The molecule has 0 unspecified atom stereocenters. The van der Waals surface area contributed by atoms with E-state index in [4.69, 9.17) is 4.42 Å². The fraction of sp³-hybridized carbons (Fsp3) is 0.158. The normalized spacial score (nSPS) is 11.9. The lowest BCUT2D eigenvalue weighted by molar-refractivity contribution is 0.571. The molecule has 138 valence electrons. The summed E-state index contributed by atoms with van der Waals surface area (Å²) in [5, 5.41) is 0. The Kier molecular flexibility index (Phi) is 4.61. The molecule has 6 nitrogen and oxygen atoms in total. The van der Waals surface area contributed by atoms with E-state index < -0.39 is 9.84 Å². The molecule has 0 bridgehead atoms. The highest BCUT2D eigenvalue weighted by molar-refractivity contribution is 9.10. The van der Waals surface area contributed by atoms with Crippen molar-refractivity contribution in [2.45, 2.75) is 12.3 Å². The Morgan fingerprint density at radius 1 is 1.07 bits per heavy atom. The van der Waals surface area contributed by atoms with E-state index in [2.05, 4.69) is 25.9 Å². The zero-order valence-corrected chi connectivity index (χ0v) is 16.9. The summed E-state index contributed by atoms with van der Waals surface area (Å²) < 4.78 is 32.1. The van der Waals surface area contributed by atoms with Gasteiger partial charge in [0.05, 0.1) is 23.3 Å². The molecular formula is C19H16BrN3O3S. The smallest absolute Gasteiger partial charge is 0.226 e. The highest BCUT2D eigenvalue weighted by atomic mass is 79.9. The summed E-state index contributed by atoms with van der Waals surface area (Å²) in [6.45, 7) is 0.380. The SMILES string of the molecule is CS(=O)(=O)Cc1nc2ccccc2n1Cc1coc(-c2ccc(Br)cc2)n1. The number of rotatable bonds is 5. The summed E-state index contributed by atoms with van der Waals surface area (Å²) in [5.74, 6) is 0.887. The lowest BCUT2D eigenvalue weighted by Crippen LogP contribution is -2.10. The summed E-state index contributed by atoms with van der Waals surface area (Å²) >= 11 is 3.41. The predicted octanol–water partition coefficient (Wildman–Crippen LogP) is 4.05. The maximum absolute atomic E-state index is 11.8. The first-order valence-corrected chi connectivity index (χ1v) is 11.1. The van der Waals surface area contributed by atoms with Crippen LogP contribution >= 0.6 is 15.9 Å². The summed E-state index contributed by atoms with van der Waals surface area (Å²) in [7, 11) is -3.21. The van der Waals surface area contributed by atoms with E-state index in [1.54, 1.807) is 6.26 Å². The standard InChI is InChI=1S/C19H16BrN3O3S/c1-27(24,25)12-18-22-16-4-2-3-5-17(16)23(18)10-15-11-26-19(21-15)13-6-8-14(20)9-7-13/h2-9,11H,10,12H2,1H3. The molecule has 8 heteroatoms. The highest BCUT2D eigenvalue weighted by Crippen LogP contribution is 2.23. The van der Waals surface area contributed by atoms with Gasteiger partial charge in [-0.1, -0.05) is 28.1 Å². The molecular weight excluding hydrogens is 430 g/mol. The van der Waals surface area contributed by atoms with Crippen LogP contribution in [0.4, 0.5) is 0 Å². The molecule has 0 saturated heterocycles. The van der Waals surface area contributed by atoms with Crippen LogP contribution in [0.15, 0.2) is 63.7 Å². The second kappa shape index (κ2) is 6.94. The number of sulfone groups is 1. The number of aromatic nitrogens is 3. The topological polar surface area (TPSA) is 78.0 Å². The van der Waals surface area contributed by atoms with Crippen molar-refractivity contribution in [3.63, 3.8) is 0 Å². The van der Waals surface area contributed by atoms with Crippen molar-refractivity contribution in [2.24, 2.45) is 0 Å². The lowest BCUT2D eigenvalue weighted by Gasteiger charge is -2.06. The molecule has 0 aliphatic carbocycles. The van der Waals surface area contributed by atoms with Gasteiger partial charge in [0.25, 0.3) is 0 Å². The highest BCUT2D eigenvalue weighted by Gasteiger charge is 2.17. The molecule has 0 fully saturated rings. The molecule has 0 aliphatic rings. The zero-order valence-electron chi connectivity index (χ0n) is 14.5. The number of hydrogen-bond donors (Lipinski definition) is 0. The second-order valence-corrected chi connectivity index (χ2v) is 9.38. The molecule has 27 heavy (non-hydrogen) atoms. The van der Waals surface area contributed by atoms with Gasteiger partial charge in [0, 0.05) is 16.3 Å². The average Bonchev–Trinajstić information content (AvgIpc) is 3.20. The number of imidazole rings is 1. The van der Waals surface area contributed by atoms with Crippen LogP contribution in [0, 0.1) is 0 Å². The van der Waals surface area contributed by atoms with Crippen molar-refractivity contribution in [3.05, 3.63) is 70.8 Å². The minimum Gasteiger partial charge on any atom is -0.444 e. The van der Waals surface area contributed by atoms with Crippen LogP contribution in [0.3, 0.4) is 0 Å². The van der Waals surface area contributed by atoms with Gasteiger partial charge in [-0.3, -0.25) is 0 Å². The van der Waals surface area contributed by atoms with Crippen LogP contribution in [-0.2, 0) is 22.1 Å². The maximum Gasteiger partial charge on any atom is 0.226 e. The van der Waals surface area contributed by atoms with Crippen molar-refractivity contribution in [1.82, 2.24) is 14.5 Å². The van der Waals surface area contributed by atoms with Gasteiger partial charge in [0.15, 0.2) is 9.84 Å². The number of benzene rings is 2. The Morgan fingerprint density at radius 3 is 2.56 bits per heavy atom. The quantitative estimate of drug-likeness (QED) is 0.462. The molecule has 4 rings (SSSR count). The van der Waals surface area contributed by atoms with Crippen LogP contribution in [0.1, 0.15) is 11.5 Å². The minimum absolute atomic E-state index is 0.126. The average molecular weight is 446 g/mol. The monoisotopic (exact) mass is 445 g/mol. The van der Waals surface area contributed by atoms with E-state index in [0.29, 0.717) is 24.0 Å². The largest absolute Gasteiger partial charge is 0.444 e. The van der Waals surface area contributed by atoms with Crippen LogP contribution in [-0.4, -0.2) is 29.2 Å². The van der Waals surface area contributed by atoms with E-state index in [-0.39, 0.29) is 5.75 Å². The van der Waals surface area contributed by atoms with Crippen LogP contribution in [0.5, 0.6) is 0 Å². The third-order valence-corrected chi connectivity index (χ3v) is 5.40. The Bertz CT molecular complexity index is 1210. The number of fused-ring (bicyclic) bond motifs is 1. The Morgan fingerprint density at radius 2 is 1.81 bits per heavy atom. The molecule has 2 heterocycles. The summed E-state index contributed by atoms with van der Waals surface area (Å²) in [6.07, 6.45) is 2.80. The molecule has 0 N–H and O–H groups in total. The Balaban J connectivity index is 1.71. The van der Waals surface area contributed by atoms with Gasteiger partial charge in [-0.15, -0.1) is 0 Å². The first-order chi connectivity index (χ1) is 12.9. The van der Waals surface area contributed by atoms with Crippen molar-refractivity contribution in [2.75, 3.05) is 6.26 Å². The first-order valence-electron chi connectivity index (χ1n) is 8.21. The van der Waals surface area contributed by atoms with E-state index in [1.807, 2.05) is 53.1 Å². The minimum atomic E-state index is -3.21. The van der Waals surface area contributed by atoms with E-state index >= 15 is 0 Å². The molecule has 2 aromatic heterocycles. The van der Waals surface area contributed by atoms with Gasteiger partial charge in [0.2, 0.25) is 5.89 Å². The van der Waals surface area contributed by atoms with Gasteiger partial charge >= 0.3 is 0 Å². The zero-order chi connectivity index (χ0) is 19.0. The molecule has 0 saturated carbocycles. The molecule has 0 aliphatic heterocycles. The van der Waals surface area contributed by atoms with Gasteiger partial charge in [-0.05, 0) is 36.4 Å². The molecule has 0 amide bonds. The number of para-hydroxylation sites is 2. The third kappa shape index (κ3) is 3.96. The van der Waals surface area contributed by atoms with E-state index in [1.165, 1.54) is 6.26 Å². The predicted molar refractivity (Wildman–Crippen MR) is 107 cm³/mol. The molecule has 0 atom stereocenters. The van der Waals surface area contributed by atoms with Gasteiger partial charge < -0.3 is 8.98 Å². The summed E-state index contributed by atoms with van der Waals surface area (Å²) in [6, 6.07) is 15.3. The van der Waals surface area contributed by atoms with Gasteiger partial charge in [-0.25, -0.2) is 18.4 Å². The number of nitrogens with zero attached hydrogens (tertiary/aromatic N) is 3. The van der Waals surface area contributed by atoms with Crippen molar-refractivity contribution in [1.29, 1.82) is 0 Å². The fourth-order valence-corrected chi connectivity index (χ4v) is 3.87. The van der Waals surface area contributed by atoms with Crippen LogP contribution in [0.2, 0.25) is 0 Å². The van der Waals surface area contributed by atoms with Crippen molar-refractivity contribution in [3.8, 4) is 11.5 Å². The van der Waals surface area contributed by atoms with Crippen LogP contribution in [0.25, 0.3) is 22.5 Å². The van der Waals surface area contributed by atoms with E-state index in [9.17, 15) is 8.42 Å². The Labute approximate surface area is 164 Å². The lowest BCUT2D eigenvalue weighted by atomic mass is 10.2. The Hall–Kier alpha value is -2.45. The van der Waals surface area contributed by atoms with Crippen LogP contribution < -0.4 is 0 Å². The molecule has 4 aromatic rings. The summed E-state index contributed by atoms with van der Waals surface area (Å²) in [5.41, 5.74) is 3.19. The van der Waals surface area contributed by atoms with E-state index in [0.717, 1.165) is 21.1 Å². The molecule has 0 spiro atoms. The van der Waals surface area contributed by atoms with Crippen molar-refractivity contribution >= 4 is 36.8 Å². The number of oxazole rings is 1. The maximum atomic E-state index is 11.8. The first kappa shape index (κ1) is 17.9. The fourth-order valence-electron chi connectivity index (χ4n) is 2.91. The third-order valence-electron chi connectivity index (χ3n) is 4.09. The number of halogens is 1.